The van der Waals surface area contributed by atoms with Crippen LogP contribution in [0.25, 0.3) is 0 Å². The van der Waals surface area contributed by atoms with Gasteiger partial charge in [-0.1, -0.05) is 0 Å². The molecule has 1 unspecified atom stereocenters. The molecule has 0 aliphatic carbocycles. The molecule has 6 nitrogen and oxygen atoms in total. The standard InChI is InChI=1S/C14H19NO5S/c1-10(6-8-20-2)21(18,19)15-7-5-11-9-12(14(16)17)3-4-13(11)15/h3-4,9-10H,5-8H2,1-2H3,(H,16,17). The molecule has 21 heavy (non-hydrogen) atoms. The van der Waals surface area contributed by atoms with Gasteiger partial charge in [-0.25, -0.2) is 13.2 Å². The molecule has 116 valence electrons. The SMILES string of the molecule is COCCC(C)S(=O)(=O)N1CCc2cc(C(=O)O)ccc21. The van der Waals surface area contributed by atoms with Gasteiger partial charge in [0.05, 0.1) is 16.5 Å². The summed E-state index contributed by atoms with van der Waals surface area (Å²) in [6, 6.07) is 4.56. The molecule has 0 saturated carbocycles. The summed E-state index contributed by atoms with van der Waals surface area (Å²) in [5.74, 6) is -1.01. The molecular weight excluding hydrogens is 294 g/mol. The maximum absolute atomic E-state index is 12.6. The molecule has 2 rings (SSSR count). The Morgan fingerprint density at radius 2 is 2.19 bits per heavy atom. The maximum atomic E-state index is 12.6. The highest BCUT2D eigenvalue weighted by Crippen LogP contribution is 2.32. The largest absolute Gasteiger partial charge is 0.478 e. The molecular formula is C14H19NO5S. The lowest BCUT2D eigenvalue weighted by molar-refractivity contribution is 0.0697. The highest BCUT2D eigenvalue weighted by Gasteiger charge is 2.33. The second kappa shape index (κ2) is 6.03. The van der Waals surface area contributed by atoms with Crippen LogP contribution in [0.5, 0.6) is 0 Å². The van der Waals surface area contributed by atoms with E-state index in [1.165, 1.54) is 17.5 Å². The van der Waals surface area contributed by atoms with Crippen molar-refractivity contribution >= 4 is 21.7 Å². The summed E-state index contributed by atoms with van der Waals surface area (Å²) < 4.78 is 31.5. The molecule has 0 bridgehead atoms. The van der Waals surface area contributed by atoms with Crippen LogP contribution in [0, 0.1) is 0 Å². The third-order valence-corrected chi connectivity index (χ3v) is 5.97. The molecule has 1 atom stereocenters. The lowest BCUT2D eigenvalue weighted by Crippen LogP contribution is -2.36. The Hall–Kier alpha value is -1.60. The van der Waals surface area contributed by atoms with Gasteiger partial charge in [-0.05, 0) is 43.5 Å². The second-order valence-electron chi connectivity index (χ2n) is 5.11. The number of ether oxygens (including phenoxy) is 1. The van der Waals surface area contributed by atoms with Gasteiger partial charge in [0.1, 0.15) is 0 Å². The number of anilines is 1. The molecule has 1 aliphatic heterocycles. The number of aromatic carboxylic acids is 1. The first-order valence-corrected chi connectivity index (χ1v) is 8.25. The van der Waals surface area contributed by atoms with Crippen molar-refractivity contribution in [2.75, 3.05) is 24.6 Å². The summed E-state index contributed by atoms with van der Waals surface area (Å²) in [6.07, 6.45) is 0.963. The lowest BCUT2D eigenvalue weighted by Gasteiger charge is -2.24. The number of carboxylic acids is 1. The minimum absolute atomic E-state index is 0.181. The number of hydrogen-bond acceptors (Lipinski definition) is 4. The van der Waals surface area contributed by atoms with E-state index < -0.39 is 21.2 Å². The first-order chi connectivity index (χ1) is 9.87. The number of methoxy groups -OCH3 is 1. The summed E-state index contributed by atoms with van der Waals surface area (Å²) in [5, 5.41) is 8.44. The molecule has 0 aromatic heterocycles. The van der Waals surface area contributed by atoms with Gasteiger partial charge in [0.2, 0.25) is 10.0 Å². The number of sulfonamides is 1. The molecule has 0 spiro atoms. The zero-order valence-corrected chi connectivity index (χ0v) is 12.9. The van der Waals surface area contributed by atoms with E-state index >= 15 is 0 Å². The fourth-order valence-corrected chi connectivity index (χ4v) is 4.05. The Balaban J connectivity index is 2.28. The van der Waals surface area contributed by atoms with Crippen LogP contribution in [0.15, 0.2) is 18.2 Å². The van der Waals surface area contributed by atoms with Crippen LogP contribution in [0.4, 0.5) is 5.69 Å². The Morgan fingerprint density at radius 3 is 2.81 bits per heavy atom. The molecule has 0 saturated heterocycles. The minimum Gasteiger partial charge on any atom is -0.478 e. The predicted molar refractivity (Wildman–Crippen MR) is 79.3 cm³/mol. The monoisotopic (exact) mass is 313 g/mol. The number of carboxylic acid groups (broad SMARTS) is 1. The van der Waals surface area contributed by atoms with Gasteiger partial charge in [0, 0.05) is 20.3 Å². The van der Waals surface area contributed by atoms with E-state index in [-0.39, 0.29) is 5.56 Å². The van der Waals surface area contributed by atoms with Crippen molar-refractivity contribution in [3.63, 3.8) is 0 Å². The minimum atomic E-state index is -3.45. The first-order valence-electron chi connectivity index (χ1n) is 6.74. The van der Waals surface area contributed by atoms with Crippen LogP contribution in [0.3, 0.4) is 0 Å². The maximum Gasteiger partial charge on any atom is 0.335 e. The van der Waals surface area contributed by atoms with Gasteiger partial charge in [-0.3, -0.25) is 4.31 Å². The zero-order valence-electron chi connectivity index (χ0n) is 12.1. The quantitative estimate of drug-likeness (QED) is 0.860. The fourth-order valence-electron chi connectivity index (χ4n) is 2.42. The molecule has 0 amide bonds. The number of nitrogens with zero attached hydrogens (tertiary/aromatic N) is 1. The van der Waals surface area contributed by atoms with Gasteiger partial charge in [0.25, 0.3) is 0 Å². The van der Waals surface area contributed by atoms with Crippen molar-refractivity contribution in [3.05, 3.63) is 29.3 Å². The highest BCUT2D eigenvalue weighted by molar-refractivity contribution is 7.93. The van der Waals surface area contributed by atoms with Gasteiger partial charge in [0.15, 0.2) is 0 Å². The number of hydrogen-bond donors (Lipinski definition) is 1. The normalized spacial score (nSPS) is 15.8. The molecule has 7 heteroatoms. The molecule has 1 N–H and O–H groups in total. The smallest absolute Gasteiger partial charge is 0.335 e. The van der Waals surface area contributed by atoms with E-state index in [2.05, 4.69) is 0 Å². The van der Waals surface area contributed by atoms with Crippen LogP contribution in [0.2, 0.25) is 0 Å². The van der Waals surface area contributed by atoms with Gasteiger partial charge in [-0.2, -0.15) is 0 Å². The number of fused-ring (bicyclic) bond motifs is 1. The van der Waals surface area contributed by atoms with Crippen LogP contribution in [0.1, 0.15) is 29.3 Å². The van der Waals surface area contributed by atoms with Crippen molar-refractivity contribution in [3.8, 4) is 0 Å². The number of carbonyl (C=O) groups is 1. The average Bonchev–Trinajstić information content (AvgIpc) is 2.87. The van der Waals surface area contributed by atoms with Crippen molar-refractivity contribution in [2.24, 2.45) is 0 Å². The van der Waals surface area contributed by atoms with E-state index in [1.54, 1.807) is 19.1 Å². The molecule has 1 aliphatic rings. The summed E-state index contributed by atoms with van der Waals surface area (Å²) >= 11 is 0. The van der Waals surface area contributed by atoms with Crippen LogP contribution >= 0.6 is 0 Å². The van der Waals surface area contributed by atoms with Gasteiger partial charge >= 0.3 is 5.97 Å². The van der Waals surface area contributed by atoms with Crippen LogP contribution in [-0.2, 0) is 21.2 Å². The summed E-state index contributed by atoms with van der Waals surface area (Å²) in [7, 11) is -1.91. The van der Waals surface area contributed by atoms with Crippen molar-refractivity contribution in [1.29, 1.82) is 0 Å². The average molecular weight is 313 g/mol. The van der Waals surface area contributed by atoms with Crippen molar-refractivity contribution in [1.82, 2.24) is 0 Å². The summed E-state index contributed by atoms with van der Waals surface area (Å²) in [6.45, 7) is 2.41. The molecule has 1 aromatic rings. The van der Waals surface area contributed by atoms with E-state index in [1.807, 2.05) is 0 Å². The van der Waals surface area contributed by atoms with E-state index in [4.69, 9.17) is 9.84 Å². The zero-order chi connectivity index (χ0) is 15.6. The predicted octanol–water partition coefficient (Wildman–Crippen LogP) is 1.50. The van der Waals surface area contributed by atoms with Crippen molar-refractivity contribution in [2.45, 2.75) is 25.0 Å². The summed E-state index contributed by atoms with van der Waals surface area (Å²) in [4.78, 5) is 11.0. The first kappa shape index (κ1) is 15.8. The number of benzene rings is 1. The van der Waals surface area contributed by atoms with Gasteiger partial charge in [-0.15, -0.1) is 0 Å². The molecule has 1 heterocycles. The third-order valence-electron chi connectivity index (χ3n) is 3.72. The Labute approximate surface area is 124 Å². The molecule has 1 aromatic carbocycles. The Morgan fingerprint density at radius 1 is 1.48 bits per heavy atom. The Kier molecular flexibility index (Phi) is 4.53. The Bertz CT molecular complexity index is 641. The second-order valence-corrected chi connectivity index (χ2v) is 7.38. The molecule has 0 fully saturated rings. The lowest BCUT2D eigenvalue weighted by atomic mass is 10.1. The topological polar surface area (TPSA) is 83.9 Å². The van der Waals surface area contributed by atoms with Crippen molar-refractivity contribution < 1.29 is 23.1 Å². The van der Waals surface area contributed by atoms with Crippen LogP contribution < -0.4 is 4.31 Å². The number of rotatable bonds is 6. The van der Waals surface area contributed by atoms with Crippen LogP contribution in [-0.4, -0.2) is 45.0 Å². The van der Waals surface area contributed by atoms with E-state index in [0.717, 1.165) is 5.56 Å². The fraction of sp³-hybridized carbons (Fsp3) is 0.500. The third kappa shape index (κ3) is 3.03. The highest BCUT2D eigenvalue weighted by atomic mass is 32.2. The van der Waals surface area contributed by atoms with Gasteiger partial charge < -0.3 is 9.84 Å². The molecule has 0 radical (unpaired) electrons. The van der Waals surface area contributed by atoms with E-state index in [9.17, 15) is 13.2 Å². The van der Waals surface area contributed by atoms with E-state index in [0.29, 0.717) is 31.7 Å². The summed E-state index contributed by atoms with van der Waals surface area (Å²) in [5.41, 5.74) is 1.53.